The van der Waals surface area contributed by atoms with E-state index in [-0.39, 0.29) is 17.5 Å². The lowest BCUT2D eigenvalue weighted by molar-refractivity contribution is 0.0680. The van der Waals surface area contributed by atoms with Crippen LogP contribution in [0.1, 0.15) is 42.5 Å². The van der Waals surface area contributed by atoms with Crippen LogP contribution in [0.5, 0.6) is 0 Å². The van der Waals surface area contributed by atoms with Gasteiger partial charge < -0.3 is 4.90 Å². The molecule has 5 heteroatoms. The van der Waals surface area contributed by atoms with Crippen molar-refractivity contribution in [3.05, 3.63) is 88.5 Å². The van der Waals surface area contributed by atoms with E-state index in [0.717, 1.165) is 17.2 Å². The lowest BCUT2D eigenvalue weighted by atomic mass is 10.1. The minimum atomic E-state index is -0.341. The third-order valence-corrected chi connectivity index (χ3v) is 5.58. The van der Waals surface area contributed by atoms with E-state index >= 15 is 0 Å². The normalized spacial score (nSPS) is 12.2. The number of carbonyl (C=O) groups is 1. The van der Waals surface area contributed by atoms with E-state index in [1.54, 1.807) is 22.6 Å². The zero-order chi connectivity index (χ0) is 21.3. The lowest BCUT2D eigenvalue weighted by Gasteiger charge is -2.30. The first-order valence-electron chi connectivity index (χ1n) is 10.3. The van der Waals surface area contributed by atoms with Crippen LogP contribution in [0, 0.1) is 0 Å². The molecule has 0 saturated heterocycles. The van der Waals surface area contributed by atoms with Crippen LogP contribution < -0.4 is 5.56 Å². The molecule has 4 rings (SSSR count). The number of rotatable bonds is 5. The van der Waals surface area contributed by atoms with Crippen LogP contribution in [-0.4, -0.2) is 26.9 Å². The van der Waals surface area contributed by atoms with Crippen molar-refractivity contribution in [2.75, 3.05) is 6.54 Å². The third kappa shape index (κ3) is 3.47. The second-order valence-corrected chi connectivity index (χ2v) is 7.59. The van der Waals surface area contributed by atoms with Gasteiger partial charge in [0.2, 0.25) is 0 Å². The third-order valence-electron chi connectivity index (χ3n) is 5.58. The molecule has 0 N–H and O–H groups in total. The van der Waals surface area contributed by atoms with Crippen LogP contribution >= 0.6 is 0 Å². The van der Waals surface area contributed by atoms with E-state index in [0.29, 0.717) is 28.8 Å². The Balaban J connectivity index is 1.76. The van der Waals surface area contributed by atoms with Gasteiger partial charge in [-0.1, -0.05) is 49.4 Å². The predicted octanol–water partition coefficient (Wildman–Crippen LogP) is 4.70. The maximum Gasteiger partial charge on any atom is 0.261 e. The summed E-state index contributed by atoms with van der Waals surface area (Å²) < 4.78 is 1.56. The zero-order valence-electron chi connectivity index (χ0n) is 17.5. The first kappa shape index (κ1) is 19.8. The number of benzene rings is 3. The van der Waals surface area contributed by atoms with Gasteiger partial charge in [-0.2, -0.15) is 0 Å². The number of hydrogen-bond donors (Lipinski definition) is 0. The molecule has 0 spiro atoms. The molecule has 0 bridgehead atoms. The van der Waals surface area contributed by atoms with Gasteiger partial charge in [-0.15, -0.1) is 0 Å². The summed E-state index contributed by atoms with van der Waals surface area (Å²) in [6, 6.07) is 20.7. The van der Waals surface area contributed by atoms with Crippen LogP contribution in [0.4, 0.5) is 0 Å². The molecule has 5 nitrogen and oxygen atoms in total. The molecule has 152 valence electrons. The molecule has 1 heterocycles. The summed E-state index contributed by atoms with van der Waals surface area (Å²) >= 11 is 0. The number of amides is 1. The summed E-state index contributed by atoms with van der Waals surface area (Å²) in [6.45, 7) is 4.56. The fourth-order valence-corrected chi connectivity index (χ4v) is 3.95. The molecule has 0 fully saturated rings. The van der Waals surface area contributed by atoms with Crippen molar-refractivity contribution in [1.82, 2.24) is 14.5 Å². The van der Waals surface area contributed by atoms with Gasteiger partial charge in [0.1, 0.15) is 5.82 Å². The molecule has 1 aromatic heterocycles. The maximum absolute atomic E-state index is 13.5. The Morgan fingerprint density at radius 1 is 1.03 bits per heavy atom. The van der Waals surface area contributed by atoms with Crippen molar-refractivity contribution in [1.29, 1.82) is 0 Å². The summed E-state index contributed by atoms with van der Waals surface area (Å²) in [5.41, 5.74) is 1.19. The summed E-state index contributed by atoms with van der Waals surface area (Å²) in [5.74, 6) is 0.527. The molecule has 1 atom stereocenters. The van der Waals surface area contributed by atoms with E-state index < -0.39 is 0 Å². The monoisotopic (exact) mass is 399 g/mol. The summed E-state index contributed by atoms with van der Waals surface area (Å²) in [6.07, 6.45) is 0.811. The van der Waals surface area contributed by atoms with E-state index in [2.05, 4.69) is 0 Å². The molecule has 30 heavy (non-hydrogen) atoms. The van der Waals surface area contributed by atoms with Crippen LogP contribution in [0.15, 0.2) is 71.5 Å². The molecule has 3 aromatic carbocycles. The van der Waals surface area contributed by atoms with Gasteiger partial charge in [0.15, 0.2) is 0 Å². The molecule has 0 aliphatic carbocycles. The SMILES string of the molecule is CCCN(C(=O)c1ccc2ccccc2c1)C(C)c1nc2ccccc2c(=O)n1C. The summed E-state index contributed by atoms with van der Waals surface area (Å²) in [4.78, 5) is 32.8. The fourth-order valence-electron chi connectivity index (χ4n) is 3.95. The van der Waals surface area contributed by atoms with Gasteiger partial charge in [0.05, 0.1) is 16.9 Å². The van der Waals surface area contributed by atoms with Crippen molar-refractivity contribution in [2.24, 2.45) is 7.05 Å². The first-order valence-corrected chi connectivity index (χ1v) is 10.3. The fraction of sp³-hybridized carbons (Fsp3) is 0.240. The van der Waals surface area contributed by atoms with Crippen molar-refractivity contribution >= 4 is 27.6 Å². The van der Waals surface area contributed by atoms with Crippen molar-refractivity contribution < 1.29 is 4.79 Å². The van der Waals surface area contributed by atoms with Gasteiger partial charge in [-0.25, -0.2) is 4.98 Å². The van der Waals surface area contributed by atoms with Crippen LogP contribution in [0.3, 0.4) is 0 Å². The van der Waals surface area contributed by atoms with E-state index in [1.807, 2.05) is 74.5 Å². The Morgan fingerprint density at radius 3 is 2.50 bits per heavy atom. The number of fused-ring (bicyclic) bond motifs is 2. The number of para-hydroxylation sites is 1. The average molecular weight is 399 g/mol. The topological polar surface area (TPSA) is 55.2 Å². The second kappa shape index (κ2) is 8.11. The molecule has 1 unspecified atom stereocenters. The van der Waals surface area contributed by atoms with E-state index in [1.165, 1.54) is 0 Å². The highest BCUT2D eigenvalue weighted by Crippen LogP contribution is 2.24. The molecule has 0 aliphatic rings. The highest BCUT2D eigenvalue weighted by Gasteiger charge is 2.25. The second-order valence-electron chi connectivity index (χ2n) is 7.59. The Hall–Kier alpha value is -3.47. The number of carbonyl (C=O) groups excluding carboxylic acids is 1. The highest BCUT2D eigenvalue weighted by molar-refractivity contribution is 5.98. The molecule has 1 amide bonds. The first-order chi connectivity index (χ1) is 14.5. The molecular formula is C25H25N3O2. The average Bonchev–Trinajstić information content (AvgIpc) is 2.78. The number of aromatic nitrogens is 2. The molecular weight excluding hydrogens is 374 g/mol. The number of hydrogen-bond acceptors (Lipinski definition) is 3. The maximum atomic E-state index is 13.5. The molecule has 0 saturated carbocycles. The van der Waals surface area contributed by atoms with E-state index in [4.69, 9.17) is 4.98 Å². The van der Waals surface area contributed by atoms with E-state index in [9.17, 15) is 9.59 Å². The molecule has 4 aromatic rings. The smallest absolute Gasteiger partial charge is 0.261 e. The van der Waals surface area contributed by atoms with Crippen molar-refractivity contribution in [3.8, 4) is 0 Å². The Bertz CT molecular complexity index is 1290. The van der Waals surface area contributed by atoms with Gasteiger partial charge in [0, 0.05) is 19.2 Å². The van der Waals surface area contributed by atoms with Gasteiger partial charge in [-0.05, 0) is 48.4 Å². The van der Waals surface area contributed by atoms with Gasteiger partial charge >= 0.3 is 0 Å². The number of nitrogens with zero attached hydrogens (tertiary/aromatic N) is 3. The minimum absolute atomic E-state index is 0.0579. The summed E-state index contributed by atoms with van der Waals surface area (Å²) in [7, 11) is 1.72. The van der Waals surface area contributed by atoms with Crippen molar-refractivity contribution in [3.63, 3.8) is 0 Å². The Kier molecular flexibility index (Phi) is 5.36. The standard InChI is InChI=1S/C25H25N3O2/c1-4-15-28(24(29)20-14-13-18-9-5-6-10-19(18)16-20)17(2)23-26-22-12-8-7-11-21(22)25(30)27(23)3/h5-14,16-17H,4,15H2,1-3H3. The largest absolute Gasteiger partial charge is 0.329 e. The lowest BCUT2D eigenvalue weighted by Crippen LogP contribution is -2.37. The van der Waals surface area contributed by atoms with Gasteiger partial charge in [0.25, 0.3) is 11.5 Å². The zero-order valence-corrected chi connectivity index (χ0v) is 17.5. The van der Waals surface area contributed by atoms with Crippen LogP contribution in [0.2, 0.25) is 0 Å². The summed E-state index contributed by atoms with van der Waals surface area (Å²) in [5, 5.41) is 2.71. The highest BCUT2D eigenvalue weighted by atomic mass is 16.2. The molecule has 0 radical (unpaired) electrons. The van der Waals surface area contributed by atoms with Crippen LogP contribution in [-0.2, 0) is 7.05 Å². The quantitative estimate of drug-likeness (QED) is 0.489. The molecule has 0 aliphatic heterocycles. The Morgan fingerprint density at radius 2 is 1.73 bits per heavy atom. The Labute approximate surface area is 175 Å². The van der Waals surface area contributed by atoms with Gasteiger partial charge in [-0.3, -0.25) is 14.2 Å². The van der Waals surface area contributed by atoms with Crippen molar-refractivity contribution in [2.45, 2.75) is 26.3 Å². The predicted molar refractivity (Wildman–Crippen MR) is 121 cm³/mol. The van der Waals surface area contributed by atoms with Crippen LogP contribution in [0.25, 0.3) is 21.7 Å². The minimum Gasteiger partial charge on any atom is -0.329 e.